The molecular weight excluding hydrogens is 292 g/mol. The summed E-state index contributed by atoms with van der Waals surface area (Å²) in [6.07, 6.45) is 4.06. The fourth-order valence-corrected chi connectivity index (χ4v) is 3.28. The fraction of sp³-hybridized carbons (Fsp3) is 0.267. The van der Waals surface area contributed by atoms with Gasteiger partial charge in [0.15, 0.2) is 5.78 Å². The Balaban J connectivity index is 1.74. The molecule has 3 nitrogen and oxygen atoms in total. The van der Waals surface area contributed by atoms with Gasteiger partial charge in [-0.15, -0.1) is 11.8 Å². The van der Waals surface area contributed by atoms with Gasteiger partial charge in [-0.1, -0.05) is 17.7 Å². The van der Waals surface area contributed by atoms with E-state index in [0.717, 1.165) is 34.3 Å². The zero-order valence-electron chi connectivity index (χ0n) is 10.8. The summed E-state index contributed by atoms with van der Waals surface area (Å²) in [6.45, 7) is 0. The number of nitrogens with zero attached hydrogens (tertiary/aromatic N) is 2. The molecule has 0 saturated heterocycles. The molecule has 1 aliphatic rings. The average Bonchev–Trinajstić information content (AvgIpc) is 2.45. The van der Waals surface area contributed by atoms with Crippen LogP contribution in [-0.2, 0) is 12.2 Å². The summed E-state index contributed by atoms with van der Waals surface area (Å²) in [7, 11) is 0. The van der Waals surface area contributed by atoms with E-state index >= 15 is 0 Å². The molecule has 5 heteroatoms. The molecule has 0 amide bonds. The van der Waals surface area contributed by atoms with Gasteiger partial charge < -0.3 is 0 Å². The van der Waals surface area contributed by atoms with Crippen LogP contribution in [0.2, 0.25) is 5.02 Å². The summed E-state index contributed by atoms with van der Waals surface area (Å²) in [4.78, 5) is 21.6. The predicted octanol–water partition coefficient (Wildman–Crippen LogP) is 3.94. The van der Waals surface area contributed by atoms with Gasteiger partial charge >= 0.3 is 0 Å². The zero-order chi connectivity index (χ0) is 13.9. The summed E-state index contributed by atoms with van der Waals surface area (Å²) < 4.78 is 0. The number of Topliss-reactive ketones (excluding diaryl/α,β-unsaturated/α-hetero) is 1. The van der Waals surface area contributed by atoms with E-state index in [4.69, 9.17) is 11.6 Å². The van der Waals surface area contributed by atoms with Gasteiger partial charge in [-0.2, -0.15) is 0 Å². The summed E-state index contributed by atoms with van der Waals surface area (Å²) in [6, 6.07) is 7.72. The molecule has 3 rings (SSSR count). The van der Waals surface area contributed by atoms with E-state index in [1.807, 2.05) is 24.3 Å². The normalized spacial score (nSPS) is 14.2. The lowest BCUT2D eigenvalue weighted by atomic mass is 9.96. The van der Waals surface area contributed by atoms with Crippen LogP contribution in [0.4, 0.5) is 0 Å². The molecule has 0 fully saturated rings. The topological polar surface area (TPSA) is 42.9 Å². The number of carbonyl (C=O) groups excluding carboxylic acids is 1. The van der Waals surface area contributed by atoms with Crippen molar-refractivity contribution >= 4 is 29.1 Å². The summed E-state index contributed by atoms with van der Waals surface area (Å²) in [5, 5.41) is 0.729. The van der Waals surface area contributed by atoms with Crippen LogP contribution in [-0.4, -0.2) is 15.8 Å². The molecule has 1 heterocycles. The summed E-state index contributed by atoms with van der Waals surface area (Å²) >= 11 is 7.60. The number of thioether (sulfide) groups is 1. The van der Waals surface area contributed by atoms with Gasteiger partial charge in [0, 0.05) is 22.5 Å². The van der Waals surface area contributed by atoms with Crippen LogP contribution >= 0.6 is 23.4 Å². The third kappa shape index (κ3) is 3.02. The van der Waals surface area contributed by atoms with Crippen molar-refractivity contribution in [3.63, 3.8) is 0 Å². The van der Waals surface area contributed by atoms with Crippen molar-refractivity contribution in [1.82, 2.24) is 9.97 Å². The molecule has 0 bridgehead atoms. The van der Waals surface area contributed by atoms with Crippen LogP contribution in [0.1, 0.15) is 34.7 Å². The maximum absolute atomic E-state index is 11.7. The smallest absolute Gasteiger partial charge is 0.166 e. The molecule has 0 unspecified atom stereocenters. The molecule has 0 radical (unpaired) electrons. The van der Waals surface area contributed by atoms with E-state index in [0.29, 0.717) is 17.7 Å². The van der Waals surface area contributed by atoms with E-state index in [9.17, 15) is 4.79 Å². The molecule has 0 aliphatic heterocycles. The summed E-state index contributed by atoms with van der Waals surface area (Å²) in [5.74, 6) is 1.62. The second kappa shape index (κ2) is 5.94. The number of rotatable bonds is 3. The van der Waals surface area contributed by atoms with Gasteiger partial charge in [-0.05, 0) is 31.0 Å². The van der Waals surface area contributed by atoms with E-state index in [2.05, 4.69) is 9.97 Å². The van der Waals surface area contributed by atoms with Crippen molar-refractivity contribution in [2.24, 2.45) is 0 Å². The van der Waals surface area contributed by atoms with Crippen molar-refractivity contribution in [2.75, 3.05) is 0 Å². The number of benzene rings is 1. The van der Waals surface area contributed by atoms with Gasteiger partial charge in [0.1, 0.15) is 5.82 Å². The first kappa shape index (κ1) is 13.6. The molecule has 0 N–H and O–H groups in total. The molecule has 2 aromatic rings. The first-order valence-corrected chi connectivity index (χ1v) is 7.85. The average molecular weight is 305 g/mol. The Morgan fingerprint density at radius 2 is 2.20 bits per heavy atom. The molecule has 0 spiro atoms. The standard InChI is InChI=1S/C15H13ClN2OS/c16-10-3-1-4-11(7-10)20-9-15-17-8-12-13(18-15)5-2-6-14(12)19/h1,3-4,7-8H,2,5-6,9H2. The van der Waals surface area contributed by atoms with Gasteiger partial charge in [0.25, 0.3) is 0 Å². The third-order valence-corrected chi connectivity index (χ3v) is 4.42. The number of halogens is 1. The van der Waals surface area contributed by atoms with Crippen LogP contribution < -0.4 is 0 Å². The van der Waals surface area contributed by atoms with Crippen LogP contribution in [0.3, 0.4) is 0 Å². The number of carbonyl (C=O) groups is 1. The van der Waals surface area contributed by atoms with Crippen LogP contribution in [0.25, 0.3) is 0 Å². The Hall–Kier alpha value is -1.39. The van der Waals surface area contributed by atoms with Crippen LogP contribution in [0, 0.1) is 0 Å². The largest absolute Gasteiger partial charge is 0.294 e. The van der Waals surface area contributed by atoms with E-state index in [-0.39, 0.29) is 5.78 Å². The Kier molecular flexibility index (Phi) is 4.03. The Morgan fingerprint density at radius 1 is 1.30 bits per heavy atom. The van der Waals surface area contributed by atoms with Gasteiger partial charge in [0.2, 0.25) is 0 Å². The highest BCUT2D eigenvalue weighted by Crippen LogP contribution is 2.25. The van der Waals surface area contributed by atoms with Crippen LogP contribution in [0.15, 0.2) is 35.4 Å². The monoisotopic (exact) mass is 304 g/mol. The molecule has 20 heavy (non-hydrogen) atoms. The number of aromatic nitrogens is 2. The second-order valence-electron chi connectivity index (χ2n) is 4.67. The third-order valence-electron chi connectivity index (χ3n) is 3.20. The Morgan fingerprint density at radius 3 is 3.05 bits per heavy atom. The SMILES string of the molecule is O=C1CCCc2nc(CSc3cccc(Cl)c3)ncc21. The lowest BCUT2D eigenvalue weighted by Crippen LogP contribution is -2.14. The quantitative estimate of drug-likeness (QED) is 0.806. The lowest BCUT2D eigenvalue weighted by Gasteiger charge is -2.13. The minimum Gasteiger partial charge on any atom is -0.294 e. The molecule has 1 aliphatic carbocycles. The first-order valence-electron chi connectivity index (χ1n) is 6.49. The van der Waals surface area contributed by atoms with E-state index < -0.39 is 0 Å². The van der Waals surface area contributed by atoms with E-state index in [1.165, 1.54) is 0 Å². The van der Waals surface area contributed by atoms with Crippen molar-refractivity contribution in [1.29, 1.82) is 0 Å². The minimum atomic E-state index is 0.167. The van der Waals surface area contributed by atoms with Crippen molar-refractivity contribution in [2.45, 2.75) is 29.9 Å². The summed E-state index contributed by atoms with van der Waals surface area (Å²) in [5.41, 5.74) is 1.60. The number of fused-ring (bicyclic) bond motifs is 1. The van der Waals surface area contributed by atoms with Gasteiger partial charge in [0.05, 0.1) is 17.0 Å². The number of ketones is 1. The highest BCUT2D eigenvalue weighted by molar-refractivity contribution is 7.98. The Labute approximate surface area is 126 Å². The van der Waals surface area contributed by atoms with Crippen LogP contribution in [0.5, 0.6) is 0 Å². The maximum atomic E-state index is 11.7. The Bertz CT molecular complexity index is 660. The molecular formula is C15H13ClN2OS. The molecule has 1 aromatic carbocycles. The van der Waals surface area contributed by atoms with Gasteiger partial charge in [-0.25, -0.2) is 9.97 Å². The first-order chi connectivity index (χ1) is 9.72. The number of hydrogen-bond acceptors (Lipinski definition) is 4. The van der Waals surface area contributed by atoms with Crippen molar-refractivity contribution in [3.05, 3.63) is 52.6 Å². The fourth-order valence-electron chi connectivity index (χ4n) is 2.21. The molecule has 0 atom stereocenters. The maximum Gasteiger partial charge on any atom is 0.166 e. The lowest BCUT2D eigenvalue weighted by molar-refractivity contribution is 0.0971. The molecule has 1 aromatic heterocycles. The minimum absolute atomic E-state index is 0.167. The molecule has 0 saturated carbocycles. The predicted molar refractivity (Wildman–Crippen MR) is 80.3 cm³/mol. The van der Waals surface area contributed by atoms with Crippen molar-refractivity contribution < 1.29 is 4.79 Å². The molecule has 102 valence electrons. The number of aryl methyl sites for hydroxylation is 1. The van der Waals surface area contributed by atoms with E-state index in [1.54, 1.807) is 18.0 Å². The number of hydrogen-bond donors (Lipinski definition) is 0. The van der Waals surface area contributed by atoms with Gasteiger partial charge in [-0.3, -0.25) is 4.79 Å². The second-order valence-corrected chi connectivity index (χ2v) is 6.15. The zero-order valence-corrected chi connectivity index (χ0v) is 12.4. The van der Waals surface area contributed by atoms with Crippen molar-refractivity contribution in [3.8, 4) is 0 Å². The highest BCUT2D eigenvalue weighted by atomic mass is 35.5. The highest BCUT2D eigenvalue weighted by Gasteiger charge is 2.19.